The van der Waals surface area contributed by atoms with Crippen LogP contribution >= 0.6 is 11.3 Å². The molecule has 4 aromatic rings. The van der Waals surface area contributed by atoms with Gasteiger partial charge in [0, 0.05) is 61.6 Å². The highest BCUT2D eigenvalue weighted by atomic mass is 32.1. The van der Waals surface area contributed by atoms with Crippen molar-refractivity contribution in [3.8, 4) is 22.4 Å². The van der Waals surface area contributed by atoms with Gasteiger partial charge in [-0.05, 0) is 36.1 Å². The van der Waals surface area contributed by atoms with Crippen LogP contribution in [0.4, 0.5) is 11.1 Å². The van der Waals surface area contributed by atoms with Crippen LogP contribution < -0.4 is 10.6 Å². The molecule has 1 aliphatic heterocycles. The first-order chi connectivity index (χ1) is 16.7. The van der Waals surface area contributed by atoms with E-state index in [2.05, 4.69) is 30.6 Å². The Balaban J connectivity index is 1.39. The average molecular weight is 473 g/mol. The van der Waals surface area contributed by atoms with Crippen LogP contribution in [0.2, 0.25) is 0 Å². The molecule has 0 saturated carbocycles. The Hall–Kier alpha value is -3.69. The highest BCUT2D eigenvalue weighted by molar-refractivity contribution is 7.14. The molecule has 4 heterocycles. The quantitative estimate of drug-likeness (QED) is 0.429. The zero-order chi connectivity index (χ0) is 23.4. The number of carbonyl (C=O) groups is 1. The first-order valence-electron chi connectivity index (χ1n) is 11.0. The number of hydrogen-bond acceptors (Lipinski definition) is 8. The monoisotopic (exact) mass is 472 g/mol. The minimum atomic E-state index is -0.675. The SMILES string of the molecule is CNc1ncc(-c2ccc(C3(C(=O)Nc4nc(-c5ccncc5)cs4)CCOCC3)cc2)cn1. The van der Waals surface area contributed by atoms with Crippen LogP contribution in [0.25, 0.3) is 22.4 Å². The van der Waals surface area contributed by atoms with E-state index in [4.69, 9.17) is 4.74 Å². The molecule has 0 unspecified atom stereocenters. The van der Waals surface area contributed by atoms with Crippen LogP contribution in [-0.4, -0.2) is 46.1 Å². The van der Waals surface area contributed by atoms with Crippen molar-refractivity contribution in [2.24, 2.45) is 0 Å². The van der Waals surface area contributed by atoms with Crippen LogP contribution in [-0.2, 0) is 14.9 Å². The van der Waals surface area contributed by atoms with Gasteiger partial charge in [0.25, 0.3) is 0 Å². The Labute approximate surface area is 201 Å². The molecule has 1 fully saturated rings. The van der Waals surface area contributed by atoms with Crippen molar-refractivity contribution in [2.75, 3.05) is 30.9 Å². The van der Waals surface area contributed by atoms with E-state index in [1.807, 2.05) is 41.8 Å². The molecule has 0 aliphatic carbocycles. The lowest BCUT2D eigenvalue weighted by atomic mass is 9.73. The Morgan fingerprint density at radius 1 is 0.971 bits per heavy atom. The highest BCUT2D eigenvalue weighted by Crippen LogP contribution is 2.37. The van der Waals surface area contributed by atoms with Crippen LogP contribution in [0, 0.1) is 0 Å². The first kappa shape index (κ1) is 22.1. The fourth-order valence-electron chi connectivity index (χ4n) is 4.16. The molecule has 0 radical (unpaired) electrons. The molecule has 8 nitrogen and oxygen atoms in total. The van der Waals surface area contributed by atoms with E-state index < -0.39 is 5.41 Å². The van der Waals surface area contributed by atoms with Gasteiger partial charge in [0.15, 0.2) is 5.13 Å². The van der Waals surface area contributed by atoms with E-state index in [0.29, 0.717) is 37.1 Å². The molecule has 1 aromatic carbocycles. The van der Waals surface area contributed by atoms with E-state index in [1.54, 1.807) is 31.8 Å². The number of thiazole rings is 1. The third kappa shape index (κ3) is 4.40. The van der Waals surface area contributed by atoms with Gasteiger partial charge < -0.3 is 15.4 Å². The largest absolute Gasteiger partial charge is 0.381 e. The Morgan fingerprint density at radius 3 is 2.35 bits per heavy atom. The third-order valence-electron chi connectivity index (χ3n) is 6.13. The summed E-state index contributed by atoms with van der Waals surface area (Å²) >= 11 is 1.42. The number of ether oxygens (including phenoxy) is 1. The van der Waals surface area contributed by atoms with Crippen molar-refractivity contribution in [2.45, 2.75) is 18.3 Å². The van der Waals surface area contributed by atoms with Crippen LogP contribution in [0.15, 0.2) is 66.6 Å². The van der Waals surface area contributed by atoms with Crippen molar-refractivity contribution in [1.82, 2.24) is 19.9 Å². The zero-order valence-corrected chi connectivity index (χ0v) is 19.5. The Bertz CT molecular complexity index is 1250. The zero-order valence-electron chi connectivity index (χ0n) is 18.7. The molecule has 34 heavy (non-hydrogen) atoms. The van der Waals surface area contributed by atoms with Crippen molar-refractivity contribution in [3.05, 3.63) is 72.1 Å². The molecule has 172 valence electrons. The number of amides is 1. The van der Waals surface area contributed by atoms with E-state index in [1.165, 1.54) is 11.3 Å². The lowest BCUT2D eigenvalue weighted by molar-refractivity contribution is -0.125. The second-order valence-electron chi connectivity index (χ2n) is 8.05. The summed E-state index contributed by atoms with van der Waals surface area (Å²) in [7, 11) is 1.79. The van der Waals surface area contributed by atoms with Gasteiger partial charge in [0.2, 0.25) is 11.9 Å². The maximum atomic E-state index is 13.6. The summed E-state index contributed by atoms with van der Waals surface area (Å²) in [5.74, 6) is 0.522. The number of anilines is 2. The lowest BCUT2D eigenvalue weighted by Crippen LogP contribution is -2.44. The summed E-state index contributed by atoms with van der Waals surface area (Å²) in [5.41, 5.74) is 4.00. The number of aromatic nitrogens is 4. The molecule has 0 spiro atoms. The molecule has 1 saturated heterocycles. The number of hydrogen-bond donors (Lipinski definition) is 2. The second-order valence-corrected chi connectivity index (χ2v) is 8.90. The number of carbonyl (C=O) groups excluding carboxylic acids is 1. The van der Waals surface area contributed by atoms with Gasteiger partial charge in [-0.3, -0.25) is 9.78 Å². The number of nitrogens with one attached hydrogen (secondary N) is 2. The van der Waals surface area contributed by atoms with Gasteiger partial charge in [0.05, 0.1) is 11.1 Å². The number of nitrogens with zero attached hydrogens (tertiary/aromatic N) is 4. The highest BCUT2D eigenvalue weighted by Gasteiger charge is 2.42. The Morgan fingerprint density at radius 2 is 1.68 bits per heavy atom. The van der Waals surface area contributed by atoms with Gasteiger partial charge >= 0.3 is 0 Å². The molecule has 1 amide bonds. The van der Waals surface area contributed by atoms with E-state index in [-0.39, 0.29) is 5.91 Å². The summed E-state index contributed by atoms with van der Waals surface area (Å²) in [6, 6.07) is 11.9. The van der Waals surface area contributed by atoms with Crippen LogP contribution in [0.1, 0.15) is 18.4 Å². The summed E-state index contributed by atoms with van der Waals surface area (Å²) in [6.07, 6.45) is 8.26. The maximum absolute atomic E-state index is 13.6. The summed E-state index contributed by atoms with van der Waals surface area (Å²) in [5, 5.41) is 8.52. The fraction of sp³-hybridized carbons (Fsp3) is 0.240. The molecule has 1 aliphatic rings. The lowest BCUT2D eigenvalue weighted by Gasteiger charge is -2.36. The molecule has 3 aromatic heterocycles. The average Bonchev–Trinajstić information content (AvgIpc) is 3.38. The second kappa shape index (κ2) is 9.66. The topological polar surface area (TPSA) is 102 Å². The molecular formula is C25H24N6O2S. The maximum Gasteiger partial charge on any atom is 0.236 e. The van der Waals surface area contributed by atoms with Crippen molar-refractivity contribution >= 4 is 28.3 Å². The summed E-state index contributed by atoms with van der Waals surface area (Å²) < 4.78 is 5.60. The fourth-order valence-corrected chi connectivity index (χ4v) is 4.87. The summed E-state index contributed by atoms with van der Waals surface area (Å²) in [6.45, 7) is 1.07. The molecule has 0 atom stereocenters. The molecule has 5 rings (SSSR count). The normalized spacial score (nSPS) is 15.0. The predicted molar refractivity (Wildman–Crippen MR) is 133 cm³/mol. The van der Waals surface area contributed by atoms with Gasteiger partial charge in [-0.2, -0.15) is 0 Å². The minimum absolute atomic E-state index is 0.0547. The standard InChI is InChI=1S/C25H24N6O2S/c1-26-23-28-14-19(15-29-23)17-2-4-20(5-3-17)25(8-12-33-13-9-25)22(32)31-24-30-21(16-34-24)18-6-10-27-11-7-18/h2-7,10-11,14-16H,8-9,12-13H2,1H3,(H,26,28,29)(H,30,31,32). The third-order valence-corrected chi connectivity index (χ3v) is 6.89. The van der Waals surface area contributed by atoms with E-state index in [9.17, 15) is 4.79 Å². The molecule has 9 heteroatoms. The van der Waals surface area contributed by atoms with Crippen molar-refractivity contribution in [3.63, 3.8) is 0 Å². The van der Waals surface area contributed by atoms with Gasteiger partial charge in [0.1, 0.15) is 0 Å². The van der Waals surface area contributed by atoms with Crippen molar-refractivity contribution in [1.29, 1.82) is 0 Å². The minimum Gasteiger partial charge on any atom is -0.381 e. The number of benzene rings is 1. The van der Waals surface area contributed by atoms with Crippen LogP contribution in [0.5, 0.6) is 0 Å². The van der Waals surface area contributed by atoms with Gasteiger partial charge in [-0.1, -0.05) is 24.3 Å². The molecule has 0 bridgehead atoms. The Kier molecular flexibility index (Phi) is 6.29. The van der Waals surface area contributed by atoms with E-state index in [0.717, 1.165) is 27.9 Å². The van der Waals surface area contributed by atoms with Crippen molar-refractivity contribution < 1.29 is 9.53 Å². The van der Waals surface area contributed by atoms with Crippen LogP contribution in [0.3, 0.4) is 0 Å². The van der Waals surface area contributed by atoms with Gasteiger partial charge in [-0.25, -0.2) is 15.0 Å². The summed E-state index contributed by atoms with van der Waals surface area (Å²) in [4.78, 5) is 30.9. The predicted octanol–water partition coefficient (Wildman–Crippen LogP) is 4.39. The van der Waals surface area contributed by atoms with E-state index >= 15 is 0 Å². The smallest absolute Gasteiger partial charge is 0.236 e. The molecular weight excluding hydrogens is 448 g/mol. The van der Waals surface area contributed by atoms with Gasteiger partial charge in [-0.15, -0.1) is 11.3 Å². The molecule has 2 N–H and O–H groups in total. The number of pyridine rings is 1. The number of rotatable bonds is 6. The first-order valence-corrected chi connectivity index (χ1v) is 11.9.